The van der Waals surface area contributed by atoms with Crippen LogP contribution < -0.4 is 0 Å². The standard InChI is InChI=1S/C24H15N3S/c1-2-6-20-18(5-1)24-19-10-13-28-22(19)8-7-21(24)27(20)23-14-16(9-12-26-23)17-4-3-11-25-15-17/h1-15H. The molecule has 4 aromatic heterocycles. The fraction of sp³-hybridized carbons (Fsp3) is 0. The van der Waals surface area contributed by atoms with Crippen LogP contribution >= 0.6 is 11.3 Å². The summed E-state index contributed by atoms with van der Waals surface area (Å²) in [6.45, 7) is 0. The van der Waals surface area contributed by atoms with Gasteiger partial charge in [-0.15, -0.1) is 11.3 Å². The Kier molecular flexibility index (Phi) is 3.34. The first kappa shape index (κ1) is 15.5. The summed E-state index contributed by atoms with van der Waals surface area (Å²) in [5.41, 5.74) is 4.56. The summed E-state index contributed by atoms with van der Waals surface area (Å²) in [5.74, 6) is 0.919. The minimum absolute atomic E-state index is 0.919. The van der Waals surface area contributed by atoms with Crippen LogP contribution in [-0.4, -0.2) is 14.5 Å². The van der Waals surface area contributed by atoms with Crippen LogP contribution in [0.2, 0.25) is 0 Å². The van der Waals surface area contributed by atoms with E-state index in [9.17, 15) is 0 Å². The highest BCUT2D eigenvalue weighted by Crippen LogP contribution is 2.38. The van der Waals surface area contributed by atoms with Crippen molar-refractivity contribution in [1.29, 1.82) is 0 Å². The zero-order chi connectivity index (χ0) is 18.5. The SMILES string of the molecule is c1cncc(-c2ccnc(-n3c4ccccc4c4c5ccsc5ccc43)c2)c1. The van der Waals surface area contributed by atoms with Gasteiger partial charge >= 0.3 is 0 Å². The fourth-order valence-electron chi connectivity index (χ4n) is 4.01. The molecular formula is C24H15N3S. The fourth-order valence-corrected chi connectivity index (χ4v) is 4.81. The lowest BCUT2D eigenvalue weighted by atomic mass is 10.1. The molecule has 0 bridgehead atoms. The van der Waals surface area contributed by atoms with Crippen LogP contribution in [-0.2, 0) is 0 Å². The molecule has 0 saturated carbocycles. The van der Waals surface area contributed by atoms with Gasteiger partial charge < -0.3 is 0 Å². The molecule has 6 rings (SSSR count). The smallest absolute Gasteiger partial charge is 0.138 e. The van der Waals surface area contributed by atoms with Crippen molar-refractivity contribution in [2.24, 2.45) is 0 Å². The number of aromatic nitrogens is 3. The lowest BCUT2D eigenvalue weighted by Gasteiger charge is -2.09. The molecule has 0 unspecified atom stereocenters. The van der Waals surface area contributed by atoms with Crippen molar-refractivity contribution in [1.82, 2.24) is 14.5 Å². The zero-order valence-electron chi connectivity index (χ0n) is 14.9. The Bertz CT molecular complexity index is 1460. The van der Waals surface area contributed by atoms with E-state index in [1.807, 2.05) is 24.5 Å². The van der Waals surface area contributed by atoms with Crippen LogP contribution in [0.4, 0.5) is 0 Å². The molecule has 4 heterocycles. The van der Waals surface area contributed by atoms with Gasteiger partial charge in [-0.3, -0.25) is 9.55 Å². The molecule has 0 aliphatic heterocycles. The number of nitrogens with zero attached hydrogens (tertiary/aromatic N) is 3. The molecule has 0 spiro atoms. The summed E-state index contributed by atoms with van der Waals surface area (Å²) in [6, 6.07) is 23.4. The maximum absolute atomic E-state index is 4.72. The molecule has 0 saturated heterocycles. The number of fused-ring (bicyclic) bond motifs is 5. The number of benzene rings is 2. The van der Waals surface area contributed by atoms with Gasteiger partial charge in [0.15, 0.2) is 0 Å². The van der Waals surface area contributed by atoms with Crippen molar-refractivity contribution in [3.8, 4) is 16.9 Å². The third-order valence-corrected chi connectivity index (χ3v) is 6.12. The number of hydrogen-bond donors (Lipinski definition) is 0. The highest BCUT2D eigenvalue weighted by molar-refractivity contribution is 7.17. The Labute approximate surface area is 165 Å². The van der Waals surface area contributed by atoms with Gasteiger partial charge in [0, 0.05) is 45.0 Å². The van der Waals surface area contributed by atoms with E-state index in [0.717, 1.165) is 16.9 Å². The number of thiophene rings is 1. The Morgan fingerprint density at radius 2 is 1.71 bits per heavy atom. The minimum atomic E-state index is 0.919. The topological polar surface area (TPSA) is 30.7 Å². The van der Waals surface area contributed by atoms with Gasteiger partial charge in [-0.25, -0.2) is 4.98 Å². The molecule has 0 radical (unpaired) electrons. The van der Waals surface area contributed by atoms with Crippen LogP contribution in [0.5, 0.6) is 0 Å². The first-order chi connectivity index (χ1) is 13.9. The molecular weight excluding hydrogens is 362 g/mol. The van der Waals surface area contributed by atoms with Crippen LogP contribution in [0, 0.1) is 0 Å². The summed E-state index contributed by atoms with van der Waals surface area (Å²) in [4.78, 5) is 8.98. The van der Waals surface area contributed by atoms with Gasteiger partial charge in [0.1, 0.15) is 5.82 Å². The Morgan fingerprint density at radius 3 is 2.64 bits per heavy atom. The van der Waals surface area contributed by atoms with Gasteiger partial charge in [-0.05, 0) is 53.4 Å². The normalized spacial score (nSPS) is 11.6. The van der Waals surface area contributed by atoms with E-state index in [0.29, 0.717) is 0 Å². The van der Waals surface area contributed by atoms with Crippen LogP contribution in [0.1, 0.15) is 0 Å². The Balaban J connectivity index is 1.71. The summed E-state index contributed by atoms with van der Waals surface area (Å²) in [6.07, 6.45) is 5.56. The first-order valence-electron chi connectivity index (χ1n) is 9.16. The molecule has 0 fully saturated rings. The summed E-state index contributed by atoms with van der Waals surface area (Å²) in [7, 11) is 0. The maximum Gasteiger partial charge on any atom is 0.138 e. The molecule has 3 nitrogen and oxygen atoms in total. The van der Waals surface area contributed by atoms with Gasteiger partial charge in [0.2, 0.25) is 0 Å². The van der Waals surface area contributed by atoms with Crippen molar-refractivity contribution < 1.29 is 0 Å². The predicted molar refractivity (Wildman–Crippen MR) is 117 cm³/mol. The number of rotatable bonds is 2. The number of hydrogen-bond acceptors (Lipinski definition) is 3. The summed E-state index contributed by atoms with van der Waals surface area (Å²) < 4.78 is 3.58. The van der Waals surface area contributed by atoms with E-state index in [-0.39, 0.29) is 0 Å². The molecule has 0 N–H and O–H groups in total. The lowest BCUT2D eigenvalue weighted by molar-refractivity contribution is 1.08. The quantitative estimate of drug-likeness (QED) is 0.347. The Morgan fingerprint density at radius 1 is 0.750 bits per heavy atom. The van der Waals surface area contributed by atoms with Crippen LogP contribution in [0.3, 0.4) is 0 Å². The highest BCUT2D eigenvalue weighted by atomic mass is 32.1. The van der Waals surface area contributed by atoms with Gasteiger partial charge in [0.05, 0.1) is 11.0 Å². The van der Waals surface area contributed by atoms with Gasteiger partial charge in [-0.1, -0.05) is 24.3 Å². The molecule has 0 aliphatic carbocycles. The van der Waals surface area contributed by atoms with Crippen LogP contribution in [0.25, 0.3) is 48.8 Å². The largest absolute Gasteiger partial charge is 0.294 e. The summed E-state index contributed by atoms with van der Waals surface area (Å²) >= 11 is 1.78. The average molecular weight is 377 g/mol. The minimum Gasteiger partial charge on any atom is -0.294 e. The third-order valence-electron chi connectivity index (χ3n) is 5.24. The van der Waals surface area contributed by atoms with Crippen LogP contribution in [0.15, 0.2) is 90.7 Å². The predicted octanol–water partition coefficient (Wildman–Crippen LogP) is 6.46. The van der Waals surface area contributed by atoms with Crippen molar-refractivity contribution in [3.63, 3.8) is 0 Å². The lowest BCUT2D eigenvalue weighted by Crippen LogP contribution is -1.97. The van der Waals surface area contributed by atoms with Gasteiger partial charge in [-0.2, -0.15) is 0 Å². The second-order valence-corrected chi connectivity index (χ2v) is 7.74. The zero-order valence-corrected chi connectivity index (χ0v) is 15.7. The summed E-state index contributed by atoms with van der Waals surface area (Å²) in [5, 5.41) is 6.02. The third kappa shape index (κ3) is 2.22. The van der Waals surface area contributed by atoms with E-state index in [1.165, 1.54) is 31.9 Å². The number of pyridine rings is 2. The maximum atomic E-state index is 4.72. The van der Waals surface area contributed by atoms with Gasteiger partial charge in [0.25, 0.3) is 0 Å². The van der Waals surface area contributed by atoms with E-state index >= 15 is 0 Å². The van der Waals surface area contributed by atoms with E-state index < -0.39 is 0 Å². The molecule has 2 aromatic carbocycles. The van der Waals surface area contributed by atoms with Crippen molar-refractivity contribution in [2.45, 2.75) is 0 Å². The second kappa shape index (κ2) is 6.01. The number of para-hydroxylation sites is 1. The van der Waals surface area contributed by atoms with E-state index in [2.05, 4.69) is 69.5 Å². The van der Waals surface area contributed by atoms with Crippen molar-refractivity contribution in [3.05, 3.63) is 90.7 Å². The molecule has 132 valence electrons. The molecule has 4 heteroatoms. The van der Waals surface area contributed by atoms with E-state index in [1.54, 1.807) is 17.5 Å². The second-order valence-electron chi connectivity index (χ2n) is 6.79. The van der Waals surface area contributed by atoms with Crippen molar-refractivity contribution in [2.75, 3.05) is 0 Å². The molecule has 0 atom stereocenters. The molecule has 6 aromatic rings. The van der Waals surface area contributed by atoms with Crippen molar-refractivity contribution >= 4 is 43.2 Å². The Hall–Kier alpha value is -3.50. The monoisotopic (exact) mass is 377 g/mol. The highest BCUT2D eigenvalue weighted by Gasteiger charge is 2.15. The molecule has 0 aliphatic rings. The van der Waals surface area contributed by atoms with E-state index in [4.69, 9.17) is 4.98 Å². The average Bonchev–Trinajstić information content (AvgIpc) is 3.36. The molecule has 0 amide bonds. The first-order valence-corrected chi connectivity index (χ1v) is 10.0. The molecule has 28 heavy (non-hydrogen) atoms.